The highest BCUT2D eigenvalue weighted by atomic mass is 79.9. The van der Waals surface area contributed by atoms with Crippen LogP contribution in [0, 0.1) is 0 Å². The molecule has 0 bridgehead atoms. The second-order valence-electron chi connectivity index (χ2n) is 3.95. The van der Waals surface area contributed by atoms with Crippen LogP contribution in [0.2, 0.25) is 0 Å². The molecule has 1 aliphatic rings. The zero-order valence-corrected chi connectivity index (χ0v) is 12.1. The van der Waals surface area contributed by atoms with Crippen LogP contribution in [0.4, 0.5) is 0 Å². The van der Waals surface area contributed by atoms with Crippen molar-refractivity contribution < 1.29 is 13.2 Å². The van der Waals surface area contributed by atoms with E-state index < -0.39 is 10.0 Å². The molecule has 0 aromatic heterocycles. The second-order valence-corrected chi connectivity index (χ2v) is 6.75. The number of alkyl halides is 1. The first-order valence-corrected chi connectivity index (χ1v) is 8.48. The van der Waals surface area contributed by atoms with E-state index in [0.29, 0.717) is 19.7 Å². The lowest BCUT2D eigenvalue weighted by Crippen LogP contribution is -2.37. The van der Waals surface area contributed by atoms with Crippen molar-refractivity contribution in [3.05, 3.63) is 0 Å². The molecule has 0 saturated carbocycles. The Hall–Kier alpha value is 0.350. The van der Waals surface area contributed by atoms with Crippen LogP contribution in [0.15, 0.2) is 0 Å². The minimum absolute atomic E-state index is 0.0944. The van der Waals surface area contributed by atoms with Crippen molar-refractivity contribution in [1.82, 2.24) is 4.31 Å². The highest BCUT2D eigenvalue weighted by Crippen LogP contribution is 2.16. The zero-order chi connectivity index (χ0) is 12.0. The molecule has 0 aromatic carbocycles. The molecule has 0 N–H and O–H groups in total. The number of sulfonamides is 1. The van der Waals surface area contributed by atoms with E-state index in [-0.39, 0.29) is 11.9 Å². The minimum Gasteiger partial charge on any atom is -0.377 e. The van der Waals surface area contributed by atoms with Gasteiger partial charge in [0.2, 0.25) is 10.0 Å². The van der Waals surface area contributed by atoms with Gasteiger partial charge >= 0.3 is 0 Å². The van der Waals surface area contributed by atoms with Crippen molar-refractivity contribution in [2.75, 3.05) is 30.8 Å². The average molecular weight is 314 g/mol. The number of ether oxygens (including phenoxy) is 1. The molecule has 96 valence electrons. The SMILES string of the molecule is CCN(CCCBr)S(=O)(=O)CC1CCCO1. The fourth-order valence-corrected chi connectivity index (χ4v) is 3.84. The molecule has 4 nitrogen and oxygen atoms in total. The van der Waals surface area contributed by atoms with Gasteiger partial charge < -0.3 is 4.74 Å². The number of nitrogens with zero attached hydrogens (tertiary/aromatic N) is 1. The number of hydrogen-bond acceptors (Lipinski definition) is 3. The van der Waals surface area contributed by atoms with E-state index in [0.717, 1.165) is 24.6 Å². The van der Waals surface area contributed by atoms with Gasteiger partial charge in [0.1, 0.15) is 0 Å². The second kappa shape index (κ2) is 6.93. The predicted molar refractivity (Wildman–Crippen MR) is 68.4 cm³/mol. The van der Waals surface area contributed by atoms with Gasteiger partial charge in [-0.05, 0) is 19.3 Å². The van der Waals surface area contributed by atoms with Crippen molar-refractivity contribution in [1.29, 1.82) is 0 Å². The first-order chi connectivity index (χ1) is 7.60. The third kappa shape index (κ3) is 4.31. The van der Waals surface area contributed by atoms with E-state index in [4.69, 9.17) is 4.74 Å². The Labute approximate surface area is 107 Å². The quantitative estimate of drug-likeness (QED) is 0.671. The van der Waals surface area contributed by atoms with Gasteiger partial charge in [-0.1, -0.05) is 22.9 Å². The summed E-state index contributed by atoms with van der Waals surface area (Å²) >= 11 is 3.32. The zero-order valence-electron chi connectivity index (χ0n) is 9.69. The van der Waals surface area contributed by atoms with Crippen molar-refractivity contribution in [2.24, 2.45) is 0 Å². The summed E-state index contributed by atoms with van der Waals surface area (Å²) in [6.45, 7) is 3.72. The van der Waals surface area contributed by atoms with Crippen molar-refractivity contribution in [3.8, 4) is 0 Å². The van der Waals surface area contributed by atoms with Crippen molar-refractivity contribution >= 4 is 26.0 Å². The van der Waals surface area contributed by atoms with Crippen LogP contribution in [0.1, 0.15) is 26.2 Å². The minimum atomic E-state index is -3.14. The molecule has 1 unspecified atom stereocenters. The van der Waals surface area contributed by atoms with E-state index in [1.54, 1.807) is 4.31 Å². The molecule has 1 atom stereocenters. The van der Waals surface area contributed by atoms with Gasteiger partial charge in [-0.25, -0.2) is 12.7 Å². The summed E-state index contributed by atoms with van der Waals surface area (Å²) in [6, 6.07) is 0. The summed E-state index contributed by atoms with van der Waals surface area (Å²) in [5, 5.41) is 0.832. The smallest absolute Gasteiger partial charge is 0.216 e. The molecule has 0 spiro atoms. The Morgan fingerprint density at radius 1 is 1.50 bits per heavy atom. The Bertz CT molecular complexity index is 288. The third-order valence-corrected chi connectivity index (χ3v) is 5.29. The molecular weight excluding hydrogens is 294 g/mol. The Morgan fingerprint density at radius 2 is 2.25 bits per heavy atom. The summed E-state index contributed by atoms with van der Waals surface area (Å²) in [7, 11) is -3.14. The summed E-state index contributed by atoms with van der Waals surface area (Å²) in [5.74, 6) is 0.142. The molecule has 1 heterocycles. The lowest BCUT2D eigenvalue weighted by Gasteiger charge is -2.21. The highest BCUT2D eigenvalue weighted by Gasteiger charge is 2.27. The third-order valence-electron chi connectivity index (χ3n) is 2.71. The monoisotopic (exact) mass is 313 g/mol. The van der Waals surface area contributed by atoms with Gasteiger partial charge in [-0.15, -0.1) is 0 Å². The van der Waals surface area contributed by atoms with Gasteiger partial charge in [-0.2, -0.15) is 0 Å². The Balaban J connectivity index is 2.51. The predicted octanol–water partition coefficient (Wildman–Crippen LogP) is 1.60. The Morgan fingerprint density at radius 3 is 2.75 bits per heavy atom. The van der Waals surface area contributed by atoms with Crippen LogP contribution in [-0.4, -0.2) is 49.6 Å². The van der Waals surface area contributed by atoms with Crippen LogP contribution in [-0.2, 0) is 14.8 Å². The molecule has 1 saturated heterocycles. The summed E-state index contributed by atoms with van der Waals surface area (Å²) in [5.41, 5.74) is 0. The van der Waals surface area contributed by atoms with Crippen LogP contribution in [0.25, 0.3) is 0 Å². The topological polar surface area (TPSA) is 46.6 Å². The van der Waals surface area contributed by atoms with Crippen molar-refractivity contribution in [3.63, 3.8) is 0 Å². The average Bonchev–Trinajstić information content (AvgIpc) is 2.70. The van der Waals surface area contributed by atoms with Gasteiger partial charge in [0.05, 0.1) is 11.9 Å². The van der Waals surface area contributed by atoms with E-state index in [9.17, 15) is 8.42 Å². The van der Waals surface area contributed by atoms with Crippen LogP contribution in [0.5, 0.6) is 0 Å². The van der Waals surface area contributed by atoms with E-state index in [2.05, 4.69) is 15.9 Å². The number of hydrogen-bond donors (Lipinski definition) is 0. The van der Waals surface area contributed by atoms with E-state index >= 15 is 0 Å². The van der Waals surface area contributed by atoms with Crippen LogP contribution >= 0.6 is 15.9 Å². The van der Waals surface area contributed by atoms with Crippen molar-refractivity contribution in [2.45, 2.75) is 32.3 Å². The van der Waals surface area contributed by atoms with Gasteiger partial charge in [0.15, 0.2) is 0 Å². The molecule has 0 radical (unpaired) electrons. The number of halogens is 1. The van der Waals surface area contributed by atoms with Gasteiger partial charge in [-0.3, -0.25) is 0 Å². The van der Waals surface area contributed by atoms with Crippen LogP contribution < -0.4 is 0 Å². The maximum absolute atomic E-state index is 12.1. The molecule has 1 aliphatic heterocycles. The fourth-order valence-electron chi connectivity index (χ4n) is 1.85. The van der Waals surface area contributed by atoms with Crippen LogP contribution in [0.3, 0.4) is 0 Å². The normalized spacial score (nSPS) is 21.8. The van der Waals surface area contributed by atoms with Gasteiger partial charge in [0, 0.05) is 25.0 Å². The molecule has 6 heteroatoms. The molecule has 0 aromatic rings. The first kappa shape index (κ1) is 14.4. The van der Waals surface area contributed by atoms with Gasteiger partial charge in [0.25, 0.3) is 0 Å². The molecular formula is C10H20BrNO3S. The van der Waals surface area contributed by atoms with E-state index in [1.807, 2.05) is 6.92 Å². The molecule has 1 fully saturated rings. The molecule has 16 heavy (non-hydrogen) atoms. The first-order valence-electron chi connectivity index (χ1n) is 5.75. The highest BCUT2D eigenvalue weighted by molar-refractivity contribution is 9.09. The molecule has 0 aliphatic carbocycles. The summed E-state index contributed by atoms with van der Waals surface area (Å²) in [4.78, 5) is 0. The Kier molecular flexibility index (Phi) is 6.25. The molecule has 0 amide bonds. The lowest BCUT2D eigenvalue weighted by atomic mass is 10.3. The summed E-state index contributed by atoms with van der Waals surface area (Å²) < 4.78 is 31.0. The molecule has 1 rings (SSSR count). The van der Waals surface area contributed by atoms with E-state index in [1.165, 1.54) is 0 Å². The lowest BCUT2D eigenvalue weighted by molar-refractivity contribution is 0.126. The fraction of sp³-hybridized carbons (Fsp3) is 1.00. The maximum atomic E-state index is 12.1. The summed E-state index contributed by atoms with van der Waals surface area (Å²) in [6.07, 6.45) is 2.60. The standard InChI is InChI=1S/C10H20BrNO3S/c1-2-12(7-4-6-11)16(13,14)9-10-5-3-8-15-10/h10H,2-9H2,1H3. The largest absolute Gasteiger partial charge is 0.377 e. The maximum Gasteiger partial charge on any atom is 0.216 e. The number of rotatable bonds is 7.